The predicted octanol–water partition coefficient (Wildman–Crippen LogP) is 4.31. The largest absolute Gasteiger partial charge is 0.416 e. The van der Waals surface area contributed by atoms with Gasteiger partial charge in [-0.1, -0.05) is 0 Å². The summed E-state index contributed by atoms with van der Waals surface area (Å²) in [5.74, 6) is -0.615. The van der Waals surface area contributed by atoms with E-state index in [1.54, 1.807) is 27.8 Å². The molecule has 1 aromatic heterocycles. The fourth-order valence-electron chi connectivity index (χ4n) is 3.17. The molecule has 0 unspecified atom stereocenters. The Balaban J connectivity index is 1.45. The zero-order valence-electron chi connectivity index (χ0n) is 15.1. The summed E-state index contributed by atoms with van der Waals surface area (Å²) in [6.07, 6.45) is -4.38. The predicted molar refractivity (Wildman–Crippen MR) is 99.1 cm³/mol. The van der Waals surface area contributed by atoms with Crippen molar-refractivity contribution in [3.05, 3.63) is 77.4 Å². The van der Waals surface area contributed by atoms with Gasteiger partial charge >= 0.3 is 6.18 Å². The molecule has 1 amide bonds. The summed E-state index contributed by atoms with van der Waals surface area (Å²) in [4.78, 5) is 14.3. The lowest BCUT2D eigenvalue weighted by Crippen LogP contribution is -2.40. The minimum absolute atomic E-state index is 0.240. The first-order valence-corrected chi connectivity index (χ1v) is 8.86. The molecular weight excluding hydrogens is 388 g/mol. The van der Waals surface area contributed by atoms with Crippen LogP contribution in [0, 0.1) is 5.82 Å². The zero-order valence-corrected chi connectivity index (χ0v) is 15.1. The number of hydrogen-bond acceptors (Lipinski definition) is 3. The zero-order chi connectivity index (χ0) is 20.6. The third kappa shape index (κ3) is 3.94. The van der Waals surface area contributed by atoms with E-state index >= 15 is 0 Å². The molecule has 1 aliphatic heterocycles. The van der Waals surface area contributed by atoms with Gasteiger partial charge in [0.2, 0.25) is 0 Å². The van der Waals surface area contributed by atoms with Crippen molar-refractivity contribution in [2.45, 2.75) is 19.3 Å². The van der Waals surface area contributed by atoms with Crippen LogP contribution in [0.25, 0.3) is 0 Å². The van der Waals surface area contributed by atoms with Gasteiger partial charge in [-0.15, -0.1) is 0 Å². The van der Waals surface area contributed by atoms with E-state index in [0.717, 1.165) is 12.1 Å². The van der Waals surface area contributed by atoms with Crippen molar-refractivity contribution >= 4 is 17.3 Å². The molecule has 4 rings (SSSR count). The van der Waals surface area contributed by atoms with Crippen LogP contribution in [0.4, 0.5) is 28.9 Å². The molecule has 0 aliphatic carbocycles. The molecule has 0 saturated heterocycles. The second-order valence-corrected chi connectivity index (χ2v) is 6.61. The van der Waals surface area contributed by atoms with E-state index in [1.807, 2.05) is 0 Å². The number of hydrogen-bond donors (Lipinski definition) is 1. The molecule has 0 atom stereocenters. The Kier molecular flexibility index (Phi) is 4.73. The Morgan fingerprint density at radius 1 is 1.00 bits per heavy atom. The number of carbonyl (C=O) groups excluding carboxylic acids is 1. The van der Waals surface area contributed by atoms with Crippen molar-refractivity contribution in [3.8, 4) is 0 Å². The van der Waals surface area contributed by atoms with Gasteiger partial charge < -0.3 is 10.2 Å². The van der Waals surface area contributed by atoms with Gasteiger partial charge in [0.05, 0.1) is 24.3 Å². The molecule has 3 aromatic rings. The van der Waals surface area contributed by atoms with Crippen molar-refractivity contribution in [2.75, 3.05) is 16.8 Å². The second-order valence-electron chi connectivity index (χ2n) is 6.61. The van der Waals surface area contributed by atoms with E-state index in [2.05, 4.69) is 10.4 Å². The summed E-state index contributed by atoms with van der Waals surface area (Å²) in [5.41, 5.74) is 1.41. The fraction of sp³-hybridized carbons (Fsp3) is 0.200. The number of fused-ring (bicyclic) bond motifs is 1. The topological polar surface area (TPSA) is 50.2 Å². The summed E-state index contributed by atoms with van der Waals surface area (Å²) in [7, 11) is 0. The highest BCUT2D eigenvalue weighted by Gasteiger charge is 2.30. The second kappa shape index (κ2) is 7.23. The quantitative estimate of drug-likeness (QED) is 0.660. The van der Waals surface area contributed by atoms with Crippen LogP contribution >= 0.6 is 0 Å². The molecule has 9 heteroatoms. The molecule has 150 valence electrons. The van der Waals surface area contributed by atoms with Gasteiger partial charge in [-0.2, -0.15) is 18.3 Å². The number of benzene rings is 2. The minimum Gasteiger partial charge on any atom is -0.379 e. The maximum Gasteiger partial charge on any atom is 0.416 e. The molecule has 2 heterocycles. The number of anilines is 2. The molecule has 0 fully saturated rings. The lowest BCUT2D eigenvalue weighted by Gasteiger charge is -2.27. The van der Waals surface area contributed by atoms with Crippen LogP contribution in [0.15, 0.2) is 54.6 Å². The lowest BCUT2D eigenvalue weighted by atomic mass is 10.2. The van der Waals surface area contributed by atoms with E-state index in [4.69, 9.17) is 0 Å². The summed E-state index contributed by atoms with van der Waals surface area (Å²) < 4.78 is 52.6. The van der Waals surface area contributed by atoms with Crippen molar-refractivity contribution in [2.24, 2.45) is 0 Å². The number of amides is 1. The van der Waals surface area contributed by atoms with Crippen LogP contribution in [0.1, 0.15) is 21.7 Å². The first-order chi connectivity index (χ1) is 13.8. The highest BCUT2D eigenvalue weighted by atomic mass is 19.4. The normalized spacial score (nSPS) is 14.1. The van der Waals surface area contributed by atoms with Crippen molar-refractivity contribution in [1.82, 2.24) is 9.78 Å². The van der Waals surface area contributed by atoms with E-state index in [0.29, 0.717) is 35.9 Å². The first-order valence-electron chi connectivity index (χ1n) is 8.86. The van der Waals surface area contributed by atoms with Crippen LogP contribution in [-0.2, 0) is 19.3 Å². The number of halogens is 4. The Hall–Kier alpha value is -3.36. The highest BCUT2D eigenvalue weighted by molar-refractivity contribution is 6.05. The Morgan fingerprint density at radius 3 is 2.34 bits per heavy atom. The van der Waals surface area contributed by atoms with E-state index in [-0.39, 0.29) is 18.3 Å². The SMILES string of the molecule is O=C1c2cc(CNc3ccc(C(F)(F)F)cc3)nn2CCN1c1ccc(F)cc1. The smallest absolute Gasteiger partial charge is 0.379 e. The summed E-state index contributed by atoms with van der Waals surface area (Å²) in [6.45, 7) is 1.15. The standard InChI is InChI=1S/C20H16F4N4O/c21-14-3-7-17(8-4-14)27-9-10-28-18(19(27)29)11-16(26-28)12-25-15-5-1-13(2-6-15)20(22,23)24/h1-8,11,25H,9-10,12H2. The minimum atomic E-state index is -4.38. The maximum absolute atomic E-state index is 13.1. The molecule has 0 saturated carbocycles. The fourth-order valence-corrected chi connectivity index (χ4v) is 3.17. The lowest BCUT2D eigenvalue weighted by molar-refractivity contribution is -0.137. The van der Waals surface area contributed by atoms with E-state index in [1.165, 1.54) is 24.3 Å². The monoisotopic (exact) mass is 404 g/mol. The summed E-state index contributed by atoms with van der Waals surface area (Å²) >= 11 is 0. The summed E-state index contributed by atoms with van der Waals surface area (Å²) in [5, 5.41) is 7.38. The average Bonchev–Trinajstić information content (AvgIpc) is 3.11. The first kappa shape index (κ1) is 19.0. The van der Waals surface area contributed by atoms with Gasteiger partial charge in [-0.05, 0) is 54.6 Å². The van der Waals surface area contributed by atoms with Crippen LogP contribution in [0.3, 0.4) is 0 Å². The number of aromatic nitrogens is 2. The molecule has 1 aliphatic rings. The maximum atomic E-state index is 13.1. The molecule has 0 spiro atoms. The Morgan fingerprint density at radius 2 is 1.69 bits per heavy atom. The van der Waals surface area contributed by atoms with Crippen molar-refractivity contribution in [3.63, 3.8) is 0 Å². The van der Waals surface area contributed by atoms with Gasteiger partial charge in [-0.25, -0.2) is 4.39 Å². The summed E-state index contributed by atoms with van der Waals surface area (Å²) in [6, 6.07) is 12.0. The van der Waals surface area contributed by atoms with Gasteiger partial charge in [0.25, 0.3) is 5.91 Å². The van der Waals surface area contributed by atoms with Gasteiger partial charge in [-0.3, -0.25) is 9.48 Å². The molecule has 0 bridgehead atoms. The third-order valence-corrected chi connectivity index (χ3v) is 4.65. The number of nitrogens with zero attached hydrogens (tertiary/aromatic N) is 3. The molecule has 2 aromatic carbocycles. The van der Waals surface area contributed by atoms with Crippen molar-refractivity contribution < 1.29 is 22.4 Å². The number of nitrogens with one attached hydrogen (secondary N) is 1. The van der Waals surface area contributed by atoms with Crippen LogP contribution in [0.5, 0.6) is 0 Å². The van der Waals surface area contributed by atoms with Crippen LogP contribution in [-0.4, -0.2) is 22.2 Å². The van der Waals surface area contributed by atoms with Crippen LogP contribution in [0.2, 0.25) is 0 Å². The Bertz CT molecular complexity index is 1030. The molecule has 1 N–H and O–H groups in total. The number of carbonyl (C=O) groups is 1. The van der Waals surface area contributed by atoms with Gasteiger partial charge in [0.15, 0.2) is 0 Å². The van der Waals surface area contributed by atoms with Gasteiger partial charge in [0, 0.05) is 17.9 Å². The molecular formula is C20H16F4N4O. The average molecular weight is 404 g/mol. The van der Waals surface area contributed by atoms with Crippen molar-refractivity contribution in [1.29, 1.82) is 0 Å². The van der Waals surface area contributed by atoms with Gasteiger partial charge in [0.1, 0.15) is 11.5 Å². The molecule has 0 radical (unpaired) electrons. The molecule has 5 nitrogen and oxygen atoms in total. The number of alkyl halides is 3. The molecule has 29 heavy (non-hydrogen) atoms. The van der Waals surface area contributed by atoms with E-state index < -0.39 is 11.7 Å². The van der Waals surface area contributed by atoms with Crippen LogP contribution < -0.4 is 10.2 Å². The third-order valence-electron chi connectivity index (χ3n) is 4.65. The highest BCUT2D eigenvalue weighted by Crippen LogP contribution is 2.30. The van der Waals surface area contributed by atoms with E-state index in [9.17, 15) is 22.4 Å². The number of rotatable bonds is 4. The Labute approximate surface area is 163 Å².